The normalized spacial score (nSPS) is 9.75. The summed E-state index contributed by atoms with van der Waals surface area (Å²) < 4.78 is 0. The van der Waals surface area contributed by atoms with Gasteiger partial charge in [-0.2, -0.15) is 0 Å². The molecular weight excluding hydrogens is 158 g/mol. The summed E-state index contributed by atoms with van der Waals surface area (Å²) in [6.07, 6.45) is 0.653. The van der Waals surface area contributed by atoms with Gasteiger partial charge >= 0.3 is 5.97 Å². The summed E-state index contributed by atoms with van der Waals surface area (Å²) in [6, 6.07) is 2.94. The van der Waals surface area contributed by atoms with Crippen molar-refractivity contribution in [2.24, 2.45) is 0 Å². The number of carbonyl (C=O) groups is 1. The number of aromatic nitrogens is 1. The Balaban J connectivity index is 3.17. The van der Waals surface area contributed by atoms with Gasteiger partial charge in [0.25, 0.3) is 0 Å². The van der Waals surface area contributed by atoms with Gasteiger partial charge in [-0.1, -0.05) is 6.92 Å². The molecule has 0 aliphatic heterocycles. The van der Waals surface area contributed by atoms with E-state index < -0.39 is 5.97 Å². The van der Waals surface area contributed by atoms with Crippen LogP contribution in [0.2, 0.25) is 0 Å². The van der Waals surface area contributed by atoms with E-state index in [0.29, 0.717) is 12.1 Å². The van der Waals surface area contributed by atoms with E-state index in [2.05, 4.69) is 4.98 Å². The first kappa shape index (κ1) is 8.52. The number of aromatic carboxylic acids is 1. The van der Waals surface area contributed by atoms with Gasteiger partial charge in [-0.3, -0.25) is 0 Å². The van der Waals surface area contributed by atoms with Crippen LogP contribution in [0.15, 0.2) is 12.1 Å². The molecule has 1 rings (SSSR count). The number of hydrogen-bond donors (Lipinski definition) is 2. The molecule has 12 heavy (non-hydrogen) atoms. The number of nitrogens with zero attached hydrogens (tertiary/aromatic N) is 1. The molecule has 0 amide bonds. The van der Waals surface area contributed by atoms with E-state index >= 15 is 0 Å². The second-order valence-corrected chi connectivity index (χ2v) is 2.33. The molecule has 64 valence electrons. The fraction of sp³-hybridized carbons (Fsp3) is 0.250. The molecule has 0 radical (unpaired) electrons. The van der Waals surface area contributed by atoms with Gasteiger partial charge in [0.1, 0.15) is 5.75 Å². The van der Waals surface area contributed by atoms with Crippen molar-refractivity contribution in [3.05, 3.63) is 23.5 Å². The first-order chi connectivity index (χ1) is 5.65. The highest BCUT2D eigenvalue weighted by Crippen LogP contribution is 2.14. The van der Waals surface area contributed by atoms with Gasteiger partial charge in [0.2, 0.25) is 0 Å². The fourth-order valence-electron chi connectivity index (χ4n) is 0.847. The minimum Gasteiger partial charge on any atom is -0.505 e. The summed E-state index contributed by atoms with van der Waals surface area (Å²) in [5.41, 5.74) is 0.375. The molecule has 0 aliphatic rings. The Morgan fingerprint density at radius 2 is 2.25 bits per heavy atom. The number of aromatic hydroxyl groups is 1. The summed E-state index contributed by atoms with van der Waals surface area (Å²) in [5.74, 6) is -1.50. The summed E-state index contributed by atoms with van der Waals surface area (Å²) in [4.78, 5) is 14.2. The molecule has 0 spiro atoms. The second-order valence-electron chi connectivity index (χ2n) is 2.33. The summed E-state index contributed by atoms with van der Waals surface area (Å²) in [5, 5.41) is 17.6. The predicted octanol–water partition coefficient (Wildman–Crippen LogP) is 1.05. The maximum Gasteiger partial charge on any atom is 0.358 e. The van der Waals surface area contributed by atoms with Gasteiger partial charge in [0.15, 0.2) is 5.69 Å². The Morgan fingerprint density at radius 1 is 1.58 bits per heavy atom. The third-order valence-electron chi connectivity index (χ3n) is 1.50. The minimum atomic E-state index is -1.21. The molecule has 0 fully saturated rings. The smallest absolute Gasteiger partial charge is 0.358 e. The van der Waals surface area contributed by atoms with E-state index in [1.165, 1.54) is 6.07 Å². The molecule has 0 atom stereocenters. The minimum absolute atomic E-state index is 0.283. The van der Waals surface area contributed by atoms with Crippen LogP contribution in [0.25, 0.3) is 0 Å². The molecule has 1 heterocycles. The number of rotatable bonds is 2. The molecule has 4 nitrogen and oxygen atoms in total. The highest BCUT2D eigenvalue weighted by molar-refractivity contribution is 5.88. The van der Waals surface area contributed by atoms with Crippen molar-refractivity contribution in [3.8, 4) is 5.75 Å². The van der Waals surface area contributed by atoms with Gasteiger partial charge < -0.3 is 10.2 Å². The van der Waals surface area contributed by atoms with Crippen molar-refractivity contribution >= 4 is 5.97 Å². The Kier molecular flexibility index (Phi) is 2.28. The molecule has 0 saturated heterocycles. The first-order valence-electron chi connectivity index (χ1n) is 3.57. The molecule has 0 bridgehead atoms. The molecule has 0 aromatic carbocycles. The SMILES string of the molecule is CCc1ccc(O)c(C(=O)O)n1. The number of carboxylic acid groups (broad SMARTS) is 1. The molecule has 0 aliphatic carbocycles. The lowest BCUT2D eigenvalue weighted by Gasteiger charge is -2.00. The lowest BCUT2D eigenvalue weighted by Crippen LogP contribution is -2.02. The van der Waals surface area contributed by atoms with Crippen molar-refractivity contribution < 1.29 is 15.0 Å². The monoisotopic (exact) mass is 167 g/mol. The largest absolute Gasteiger partial charge is 0.505 e. The Labute approximate surface area is 69.5 Å². The number of hydrogen-bond acceptors (Lipinski definition) is 3. The lowest BCUT2D eigenvalue weighted by molar-refractivity contribution is 0.0686. The van der Waals surface area contributed by atoms with Gasteiger partial charge in [-0.15, -0.1) is 0 Å². The van der Waals surface area contributed by atoms with E-state index in [9.17, 15) is 4.79 Å². The zero-order valence-electron chi connectivity index (χ0n) is 6.61. The standard InChI is InChI=1S/C8H9NO3/c1-2-5-3-4-6(10)7(9-5)8(11)12/h3-4,10H,2H2,1H3,(H,11,12). The molecule has 2 N–H and O–H groups in total. The van der Waals surface area contributed by atoms with E-state index in [1.54, 1.807) is 6.07 Å². The summed E-state index contributed by atoms with van der Waals surface area (Å²) in [6.45, 7) is 1.87. The predicted molar refractivity (Wildman–Crippen MR) is 42.2 cm³/mol. The third-order valence-corrected chi connectivity index (χ3v) is 1.50. The van der Waals surface area contributed by atoms with E-state index in [-0.39, 0.29) is 11.4 Å². The molecule has 0 saturated carbocycles. The van der Waals surface area contributed by atoms with Crippen LogP contribution < -0.4 is 0 Å². The van der Waals surface area contributed by atoms with E-state index in [4.69, 9.17) is 10.2 Å². The maximum atomic E-state index is 10.5. The second kappa shape index (κ2) is 3.21. The molecule has 1 aromatic heterocycles. The van der Waals surface area contributed by atoms with E-state index in [0.717, 1.165) is 0 Å². The topological polar surface area (TPSA) is 70.4 Å². The Bertz CT molecular complexity index is 309. The van der Waals surface area contributed by atoms with Crippen LogP contribution >= 0.6 is 0 Å². The van der Waals surface area contributed by atoms with Crippen molar-refractivity contribution in [1.82, 2.24) is 4.98 Å². The van der Waals surface area contributed by atoms with Gasteiger partial charge in [-0.25, -0.2) is 9.78 Å². The number of carboxylic acids is 1. The van der Waals surface area contributed by atoms with Crippen LogP contribution in [0.5, 0.6) is 5.75 Å². The zero-order valence-corrected chi connectivity index (χ0v) is 6.61. The van der Waals surface area contributed by atoms with E-state index in [1.807, 2.05) is 6.92 Å². The molecule has 4 heteroatoms. The Morgan fingerprint density at radius 3 is 2.75 bits per heavy atom. The van der Waals surface area contributed by atoms with Crippen LogP contribution in [-0.2, 0) is 6.42 Å². The average Bonchev–Trinajstić information content (AvgIpc) is 2.05. The number of aryl methyl sites for hydroxylation is 1. The first-order valence-corrected chi connectivity index (χ1v) is 3.57. The highest BCUT2D eigenvalue weighted by Gasteiger charge is 2.10. The van der Waals surface area contributed by atoms with Crippen molar-refractivity contribution in [1.29, 1.82) is 0 Å². The van der Waals surface area contributed by atoms with Crippen LogP contribution in [0.1, 0.15) is 23.1 Å². The van der Waals surface area contributed by atoms with Crippen LogP contribution in [0.3, 0.4) is 0 Å². The fourth-order valence-corrected chi connectivity index (χ4v) is 0.847. The molecule has 0 unspecified atom stereocenters. The average molecular weight is 167 g/mol. The zero-order chi connectivity index (χ0) is 9.14. The van der Waals surface area contributed by atoms with Crippen molar-refractivity contribution in [2.45, 2.75) is 13.3 Å². The summed E-state index contributed by atoms with van der Waals surface area (Å²) >= 11 is 0. The maximum absolute atomic E-state index is 10.5. The summed E-state index contributed by atoms with van der Waals surface area (Å²) in [7, 11) is 0. The number of pyridine rings is 1. The van der Waals surface area contributed by atoms with Gasteiger partial charge in [-0.05, 0) is 18.6 Å². The quantitative estimate of drug-likeness (QED) is 0.690. The highest BCUT2D eigenvalue weighted by atomic mass is 16.4. The van der Waals surface area contributed by atoms with Gasteiger partial charge in [0, 0.05) is 5.69 Å². The van der Waals surface area contributed by atoms with Gasteiger partial charge in [0.05, 0.1) is 0 Å². The van der Waals surface area contributed by atoms with Crippen LogP contribution in [-0.4, -0.2) is 21.2 Å². The van der Waals surface area contributed by atoms with Crippen LogP contribution in [0, 0.1) is 0 Å². The van der Waals surface area contributed by atoms with Crippen LogP contribution in [0.4, 0.5) is 0 Å². The third kappa shape index (κ3) is 1.53. The van der Waals surface area contributed by atoms with Crippen molar-refractivity contribution in [3.63, 3.8) is 0 Å². The molecular formula is C8H9NO3. The lowest BCUT2D eigenvalue weighted by atomic mass is 10.2. The Hall–Kier alpha value is -1.58. The van der Waals surface area contributed by atoms with Crippen molar-refractivity contribution in [2.75, 3.05) is 0 Å². The molecule has 1 aromatic rings.